The molecule has 2 amide bonds. The number of piperidine rings is 1. The predicted octanol–water partition coefficient (Wildman–Crippen LogP) is 4.22. The summed E-state index contributed by atoms with van der Waals surface area (Å²) in [6, 6.07) is 18.3. The Hall–Kier alpha value is -3.35. The number of benzene rings is 2. The lowest BCUT2D eigenvalue weighted by molar-refractivity contribution is 0.208. The number of hydrogen-bond donors (Lipinski definition) is 1. The van der Waals surface area contributed by atoms with Crippen molar-refractivity contribution in [3.8, 4) is 0 Å². The first-order chi connectivity index (χ1) is 15.7. The first kappa shape index (κ1) is 20.5. The number of piperazine rings is 1. The lowest BCUT2D eigenvalue weighted by atomic mass is 9.99. The molecule has 0 atom stereocenters. The number of anilines is 3. The molecule has 5 rings (SSSR count). The molecule has 0 bridgehead atoms. The van der Waals surface area contributed by atoms with Crippen molar-refractivity contribution in [1.29, 1.82) is 0 Å². The average Bonchev–Trinajstić information content (AvgIpc) is 2.85. The lowest BCUT2D eigenvalue weighted by Crippen LogP contribution is -2.50. The monoisotopic (exact) mass is 430 g/mol. The van der Waals surface area contributed by atoms with Gasteiger partial charge in [-0.05, 0) is 53.8 Å². The van der Waals surface area contributed by atoms with Gasteiger partial charge in [-0.15, -0.1) is 10.2 Å². The second-order valence-electron chi connectivity index (χ2n) is 8.89. The third-order valence-corrected chi connectivity index (χ3v) is 6.64. The largest absolute Gasteiger partial charge is 0.355 e. The van der Waals surface area contributed by atoms with E-state index >= 15 is 0 Å². The van der Waals surface area contributed by atoms with Crippen molar-refractivity contribution in [3.63, 3.8) is 0 Å². The first-order valence-corrected chi connectivity index (χ1v) is 11.5. The number of nitrogens with one attached hydrogen (secondary N) is 1. The molecule has 3 heterocycles. The summed E-state index contributed by atoms with van der Waals surface area (Å²) in [5, 5.41) is 14.3. The van der Waals surface area contributed by atoms with Crippen molar-refractivity contribution in [2.75, 3.05) is 54.4 Å². The number of fused-ring (bicyclic) bond motifs is 1. The molecule has 7 nitrogen and oxygen atoms in total. The van der Waals surface area contributed by atoms with E-state index in [-0.39, 0.29) is 6.03 Å². The van der Waals surface area contributed by atoms with Crippen LogP contribution in [0.5, 0.6) is 0 Å². The van der Waals surface area contributed by atoms with Crippen molar-refractivity contribution in [3.05, 3.63) is 54.6 Å². The summed E-state index contributed by atoms with van der Waals surface area (Å²) >= 11 is 0. The number of nitrogens with zero attached hydrogens (tertiary/aromatic N) is 5. The molecule has 2 fully saturated rings. The first-order valence-electron chi connectivity index (χ1n) is 11.5. The molecule has 2 aliphatic rings. The average molecular weight is 431 g/mol. The van der Waals surface area contributed by atoms with Gasteiger partial charge < -0.3 is 20.0 Å². The molecule has 0 saturated carbocycles. The van der Waals surface area contributed by atoms with Crippen molar-refractivity contribution in [2.45, 2.75) is 19.8 Å². The van der Waals surface area contributed by atoms with Crippen molar-refractivity contribution in [1.82, 2.24) is 15.1 Å². The summed E-state index contributed by atoms with van der Waals surface area (Å²) in [5.41, 5.74) is 0.824. The van der Waals surface area contributed by atoms with Gasteiger partial charge in [-0.2, -0.15) is 0 Å². The second-order valence-corrected chi connectivity index (χ2v) is 8.89. The standard InChI is InChI=1S/C25H30N6O/c1-19-10-12-29(13-11-19)23-8-9-24(28-27-23)30-14-16-31(17-15-30)25(32)26-22-7-6-20-4-2-3-5-21(20)18-22/h2-9,18-19H,10-17H2,1H3,(H,26,32). The zero-order chi connectivity index (χ0) is 21.9. The summed E-state index contributed by atoms with van der Waals surface area (Å²) in [7, 11) is 0. The van der Waals surface area contributed by atoms with Crippen LogP contribution in [0.1, 0.15) is 19.8 Å². The fourth-order valence-corrected chi connectivity index (χ4v) is 4.50. The van der Waals surface area contributed by atoms with Crippen LogP contribution in [0.3, 0.4) is 0 Å². The number of carbonyl (C=O) groups excluding carboxylic acids is 1. The molecule has 2 aromatic carbocycles. The van der Waals surface area contributed by atoms with Crippen molar-refractivity contribution >= 4 is 34.1 Å². The maximum absolute atomic E-state index is 12.8. The van der Waals surface area contributed by atoms with E-state index in [4.69, 9.17) is 0 Å². The Morgan fingerprint density at radius 1 is 0.812 bits per heavy atom. The van der Waals surface area contributed by atoms with E-state index in [1.807, 2.05) is 35.2 Å². The number of amides is 2. The number of rotatable bonds is 3. The van der Waals surface area contributed by atoms with Gasteiger partial charge in [0.1, 0.15) is 0 Å². The fraction of sp³-hybridized carbons (Fsp3) is 0.400. The highest BCUT2D eigenvalue weighted by Gasteiger charge is 2.23. The number of carbonyl (C=O) groups is 1. The van der Waals surface area contributed by atoms with E-state index in [0.717, 1.165) is 54.8 Å². The van der Waals surface area contributed by atoms with Crippen molar-refractivity contribution in [2.24, 2.45) is 5.92 Å². The van der Waals surface area contributed by atoms with Gasteiger partial charge >= 0.3 is 6.03 Å². The maximum Gasteiger partial charge on any atom is 0.321 e. The van der Waals surface area contributed by atoms with Crippen LogP contribution in [-0.2, 0) is 0 Å². The van der Waals surface area contributed by atoms with E-state index in [1.54, 1.807) is 0 Å². The number of hydrogen-bond acceptors (Lipinski definition) is 5. The van der Waals surface area contributed by atoms with Crippen LogP contribution in [0, 0.1) is 5.92 Å². The molecule has 3 aromatic rings. The molecule has 166 valence electrons. The molecule has 1 aromatic heterocycles. The minimum Gasteiger partial charge on any atom is -0.355 e. The smallest absolute Gasteiger partial charge is 0.321 e. The Bertz CT molecular complexity index is 1070. The van der Waals surface area contributed by atoms with E-state index in [1.165, 1.54) is 18.2 Å². The fourth-order valence-electron chi connectivity index (χ4n) is 4.50. The predicted molar refractivity (Wildman–Crippen MR) is 129 cm³/mol. The topological polar surface area (TPSA) is 64.6 Å². The van der Waals surface area contributed by atoms with Crippen molar-refractivity contribution < 1.29 is 4.79 Å². The third kappa shape index (κ3) is 4.47. The van der Waals surface area contributed by atoms with Gasteiger partial charge in [0, 0.05) is 45.0 Å². The summed E-state index contributed by atoms with van der Waals surface area (Å²) < 4.78 is 0. The Kier molecular flexibility index (Phi) is 5.79. The number of urea groups is 1. The van der Waals surface area contributed by atoms with Crippen LogP contribution in [-0.4, -0.2) is 60.4 Å². The van der Waals surface area contributed by atoms with Gasteiger partial charge in [0.2, 0.25) is 0 Å². The molecule has 2 aliphatic heterocycles. The molecular weight excluding hydrogens is 400 g/mol. The van der Waals surface area contributed by atoms with E-state index < -0.39 is 0 Å². The van der Waals surface area contributed by atoms with Gasteiger partial charge in [-0.3, -0.25) is 0 Å². The quantitative estimate of drug-likeness (QED) is 0.674. The molecule has 32 heavy (non-hydrogen) atoms. The van der Waals surface area contributed by atoms with Crippen LogP contribution in [0.4, 0.5) is 22.1 Å². The van der Waals surface area contributed by atoms with Crippen LogP contribution in [0.15, 0.2) is 54.6 Å². The van der Waals surface area contributed by atoms with Crippen LogP contribution in [0.2, 0.25) is 0 Å². The van der Waals surface area contributed by atoms with Gasteiger partial charge in [0.25, 0.3) is 0 Å². The summed E-state index contributed by atoms with van der Waals surface area (Å²) in [6.45, 7) is 7.24. The summed E-state index contributed by atoms with van der Waals surface area (Å²) in [5.74, 6) is 2.65. The van der Waals surface area contributed by atoms with Crippen LogP contribution in [0.25, 0.3) is 10.8 Å². The van der Waals surface area contributed by atoms with Crippen LogP contribution >= 0.6 is 0 Å². The van der Waals surface area contributed by atoms with Crippen LogP contribution < -0.4 is 15.1 Å². The summed E-state index contributed by atoms with van der Waals surface area (Å²) in [4.78, 5) is 19.1. The highest BCUT2D eigenvalue weighted by Crippen LogP contribution is 2.23. The van der Waals surface area contributed by atoms with Gasteiger partial charge in [-0.1, -0.05) is 37.3 Å². The zero-order valence-electron chi connectivity index (χ0n) is 18.6. The Morgan fingerprint density at radius 3 is 2.09 bits per heavy atom. The molecule has 1 N–H and O–H groups in total. The number of aromatic nitrogens is 2. The molecule has 7 heteroatoms. The lowest BCUT2D eigenvalue weighted by Gasteiger charge is -2.35. The molecule has 0 spiro atoms. The molecule has 0 radical (unpaired) electrons. The Balaban J connectivity index is 1.15. The van der Waals surface area contributed by atoms with E-state index in [0.29, 0.717) is 13.1 Å². The normalized spacial score (nSPS) is 17.6. The maximum atomic E-state index is 12.8. The van der Waals surface area contributed by atoms with Gasteiger partial charge in [-0.25, -0.2) is 4.79 Å². The molecule has 2 saturated heterocycles. The Labute approximate surface area is 189 Å². The molecular formula is C25H30N6O. The highest BCUT2D eigenvalue weighted by molar-refractivity contribution is 5.93. The highest BCUT2D eigenvalue weighted by atomic mass is 16.2. The molecule has 0 aliphatic carbocycles. The zero-order valence-corrected chi connectivity index (χ0v) is 18.6. The third-order valence-electron chi connectivity index (χ3n) is 6.64. The summed E-state index contributed by atoms with van der Waals surface area (Å²) in [6.07, 6.45) is 2.43. The van der Waals surface area contributed by atoms with Gasteiger partial charge in [0.05, 0.1) is 0 Å². The van der Waals surface area contributed by atoms with E-state index in [2.05, 4.69) is 56.5 Å². The second kappa shape index (κ2) is 9.02. The van der Waals surface area contributed by atoms with Gasteiger partial charge in [0.15, 0.2) is 11.6 Å². The molecule has 0 unspecified atom stereocenters. The SMILES string of the molecule is CC1CCN(c2ccc(N3CCN(C(=O)Nc4ccc5ccccc5c4)CC3)nn2)CC1. The minimum atomic E-state index is -0.0549. The minimum absolute atomic E-state index is 0.0549. The van der Waals surface area contributed by atoms with E-state index in [9.17, 15) is 4.79 Å². The Morgan fingerprint density at radius 2 is 1.44 bits per heavy atom.